The maximum atomic E-state index is 10.1. The van der Waals surface area contributed by atoms with Crippen LogP contribution in [0.15, 0.2) is 104 Å². The predicted molar refractivity (Wildman–Crippen MR) is 122 cm³/mol. The summed E-state index contributed by atoms with van der Waals surface area (Å²) in [6.07, 6.45) is 0.183. The van der Waals surface area contributed by atoms with Gasteiger partial charge in [0.25, 0.3) is 0 Å². The molecule has 1 N–H and O–H groups in total. The fourth-order valence-electron chi connectivity index (χ4n) is 3.27. The van der Waals surface area contributed by atoms with E-state index < -0.39 is 18.3 Å². The van der Waals surface area contributed by atoms with Gasteiger partial charge in [0.1, 0.15) is 18.3 Å². The summed E-state index contributed by atoms with van der Waals surface area (Å²) in [7, 11) is 0. The molecule has 0 aliphatic carbocycles. The fraction of sp³-hybridized carbons (Fsp3) is 0.259. The Labute approximate surface area is 184 Å². The molecule has 3 aromatic rings. The van der Waals surface area contributed by atoms with Gasteiger partial charge in [0.05, 0.1) is 26.4 Å². The smallest absolute Gasteiger partial charge is 0.116 e. The number of rotatable bonds is 13. The Balaban J connectivity index is 1.71. The molecular formula is C27H30O4. The van der Waals surface area contributed by atoms with E-state index in [-0.39, 0.29) is 6.61 Å². The second-order valence-corrected chi connectivity index (χ2v) is 7.28. The fourth-order valence-corrected chi connectivity index (χ4v) is 3.27. The van der Waals surface area contributed by atoms with Crippen LogP contribution in [-0.2, 0) is 34.0 Å². The van der Waals surface area contributed by atoms with Crippen LogP contribution in [0.3, 0.4) is 0 Å². The molecule has 162 valence electrons. The van der Waals surface area contributed by atoms with E-state index in [9.17, 15) is 5.11 Å². The number of hydrogen-bond donors (Lipinski definition) is 1. The van der Waals surface area contributed by atoms with Gasteiger partial charge in [-0.25, -0.2) is 0 Å². The quantitative estimate of drug-likeness (QED) is 0.400. The van der Waals surface area contributed by atoms with E-state index in [4.69, 9.17) is 14.2 Å². The lowest BCUT2D eigenvalue weighted by atomic mass is 10.1. The van der Waals surface area contributed by atoms with Gasteiger partial charge in [0, 0.05) is 0 Å². The predicted octanol–water partition coefficient (Wildman–Crippen LogP) is 4.92. The molecule has 3 atom stereocenters. The van der Waals surface area contributed by atoms with Crippen LogP contribution in [0.4, 0.5) is 0 Å². The Morgan fingerprint density at radius 2 is 1.06 bits per heavy atom. The topological polar surface area (TPSA) is 47.9 Å². The van der Waals surface area contributed by atoms with Crippen molar-refractivity contribution in [3.8, 4) is 0 Å². The van der Waals surface area contributed by atoms with Crippen molar-refractivity contribution in [2.24, 2.45) is 0 Å². The molecule has 0 aliphatic rings. The molecule has 0 amide bonds. The van der Waals surface area contributed by atoms with Gasteiger partial charge in [-0.15, -0.1) is 6.58 Å². The summed E-state index contributed by atoms with van der Waals surface area (Å²) >= 11 is 0. The van der Waals surface area contributed by atoms with Gasteiger partial charge < -0.3 is 19.3 Å². The van der Waals surface area contributed by atoms with Crippen LogP contribution in [-0.4, -0.2) is 30.0 Å². The molecular weight excluding hydrogens is 388 g/mol. The summed E-state index contributed by atoms with van der Waals surface area (Å²) in [6.45, 7) is 4.93. The largest absolute Gasteiger partial charge is 0.394 e. The van der Waals surface area contributed by atoms with E-state index in [2.05, 4.69) is 6.58 Å². The Morgan fingerprint density at radius 3 is 1.48 bits per heavy atom. The lowest BCUT2D eigenvalue weighted by Gasteiger charge is -2.31. The van der Waals surface area contributed by atoms with Crippen LogP contribution in [0.25, 0.3) is 0 Å². The Bertz CT molecular complexity index is 868. The minimum absolute atomic E-state index is 0.189. The second kappa shape index (κ2) is 12.8. The summed E-state index contributed by atoms with van der Waals surface area (Å²) in [6, 6.07) is 29.7. The zero-order valence-electron chi connectivity index (χ0n) is 17.7. The lowest BCUT2D eigenvalue weighted by molar-refractivity contribution is -0.149. The van der Waals surface area contributed by atoms with Crippen molar-refractivity contribution in [2.75, 3.05) is 6.61 Å². The molecule has 0 aromatic heterocycles. The Morgan fingerprint density at radius 1 is 0.645 bits per heavy atom. The van der Waals surface area contributed by atoms with Crippen molar-refractivity contribution in [1.29, 1.82) is 0 Å². The molecule has 3 aromatic carbocycles. The molecule has 0 bridgehead atoms. The van der Waals surface area contributed by atoms with E-state index in [1.54, 1.807) is 6.08 Å². The minimum atomic E-state index is -0.567. The van der Waals surface area contributed by atoms with Gasteiger partial charge in [0.2, 0.25) is 0 Å². The monoisotopic (exact) mass is 418 g/mol. The number of aliphatic hydroxyl groups is 1. The van der Waals surface area contributed by atoms with Crippen LogP contribution in [0, 0.1) is 0 Å². The third-order valence-electron chi connectivity index (χ3n) is 4.98. The van der Waals surface area contributed by atoms with Crippen molar-refractivity contribution in [1.82, 2.24) is 0 Å². The summed E-state index contributed by atoms with van der Waals surface area (Å²) in [5.41, 5.74) is 3.13. The van der Waals surface area contributed by atoms with Gasteiger partial charge in [-0.2, -0.15) is 0 Å². The molecule has 0 spiro atoms. The lowest BCUT2D eigenvalue weighted by Crippen LogP contribution is -2.43. The first kappa shape index (κ1) is 22.9. The highest BCUT2D eigenvalue weighted by Gasteiger charge is 2.30. The average Bonchev–Trinajstić information content (AvgIpc) is 2.84. The van der Waals surface area contributed by atoms with Crippen molar-refractivity contribution in [3.05, 3.63) is 120 Å². The first-order valence-corrected chi connectivity index (χ1v) is 10.5. The summed E-state index contributed by atoms with van der Waals surface area (Å²) in [4.78, 5) is 0. The highest BCUT2D eigenvalue weighted by Crippen LogP contribution is 2.19. The van der Waals surface area contributed by atoms with Crippen LogP contribution < -0.4 is 0 Å². The molecule has 4 nitrogen and oxygen atoms in total. The zero-order chi connectivity index (χ0) is 21.7. The summed E-state index contributed by atoms with van der Waals surface area (Å²) < 4.78 is 18.4. The van der Waals surface area contributed by atoms with Crippen LogP contribution in [0.2, 0.25) is 0 Å². The number of hydrogen-bond acceptors (Lipinski definition) is 4. The first-order valence-electron chi connectivity index (χ1n) is 10.5. The normalized spacial score (nSPS) is 14.0. The van der Waals surface area contributed by atoms with E-state index in [1.165, 1.54) is 0 Å². The first-order chi connectivity index (χ1) is 15.3. The molecule has 0 saturated heterocycles. The van der Waals surface area contributed by atoms with Gasteiger partial charge in [0.15, 0.2) is 0 Å². The summed E-state index contributed by atoms with van der Waals surface area (Å²) in [5, 5.41) is 10.1. The molecule has 0 saturated carbocycles. The zero-order valence-corrected chi connectivity index (χ0v) is 17.7. The van der Waals surface area contributed by atoms with Crippen molar-refractivity contribution >= 4 is 0 Å². The van der Waals surface area contributed by atoms with Gasteiger partial charge in [-0.05, 0) is 16.7 Å². The maximum Gasteiger partial charge on any atom is 0.116 e. The third-order valence-corrected chi connectivity index (χ3v) is 4.98. The van der Waals surface area contributed by atoms with Crippen LogP contribution >= 0.6 is 0 Å². The maximum absolute atomic E-state index is 10.1. The molecule has 31 heavy (non-hydrogen) atoms. The van der Waals surface area contributed by atoms with Gasteiger partial charge in [-0.3, -0.25) is 0 Å². The third kappa shape index (κ3) is 7.46. The van der Waals surface area contributed by atoms with Gasteiger partial charge >= 0.3 is 0 Å². The molecule has 0 heterocycles. The van der Waals surface area contributed by atoms with Crippen molar-refractivity contribution in [3.63, 3.8) is 0 Å². The molecule has 0 radical (unpaired) electrons. The van der Waals surface area contributed by atoms with E-state index in [0.717, 1.165) is 16.7 Å². The number of ether oxygens (including phenoxy) is 3. The van der Waals surface area contributed by atoms with E-state index in [1.807, 2.05) is 91.0 Å². The minimum Gasteiger partial charge on any atom is -0.394 e. The molecule has 0 aliphatic heterocycles. The standard InChI is InChI=1S/C27H30O4/c1-2-25(29-19-22-12-6-3-7-13-22)27(31-21-24-16-10-5-11-17-24)26(18-28)30-20-23-14-8-4-9-15-23/h2-17,25-28H,1,18-21H2/t25?,26-,27+/m1/s1. The molecule has 0 fully saturated rings. The van der Waals surface area contributed by atoms with Crippen LogP contribution in [0.1, 0.15) is 16.7 Å². The van der Waals surface area contributed by atoms with Gasteiger partial charge in [-0.1, -0.05) is 97.1 Å². The van der Waals surface area contributed by atoms with Crippen LogP contribution in [0.5, 0.6) is 0 Å². The molecule has 1 unspecified atom stereocenters. The van der Waals surface area contributed by atoms with E-state index >= 15 is 0 Å². The highest BCUT2D eigenvalue weighted by molar-refractivity contribution is 5.15. The van der Waals surface area contributed by atoms with E-state index in [0.29, 0.717) is 19.8 Å². The number of aliphatic hydroxyl groups excluding tert-OH is 1. The number of benzene rings is 3. The average molecular weight is 419 g/mol. The van der Waals surface area contributed by atoms with Crippen molar-refractivity contribution < 1.29 is 19.3 Å². The second-order valence-electron chi connectivity index (χ2n) is 7.28. The molecule has 4 heteroatoms. The SMILES string of the molecule is C=CC(OCc1ccccc1)[C@H](OCc1ccccc1)[C@@H](CO)OCc1ccccc1. The Hall–Kier alpha value is -2.76. The Kier molecular flexibility index (Phi) is 9.48. The molecule has 3 rings (SSSR count). The highest BCUT2D eigenvalue weighted by atomic mass is 16.6. The summed E-state index contributed by atoms with van der Waals surface area (Å²) in [5.74, 6) is 0. The van der Waals surface area contributed by atoms with Crippen molar-refractivity contribution in [2.45, 2.75) is 38.1 Å².